The van der Waals surface area contributed by atoms with Crippen LogP contribution in [0.25, 0.3) is 0 Å². The second-order valence-electron chi connectivity index (χ2n) is 6.55. The minimum absolute atomic E-state index is 0.0405. The Bertz CT molecular complexity index is 854. The first kappa shape index (κ1) is 20.8. The quantitative estimate of drug-likeness (QED) is 0.714. The zero-order valence-electron chi connectivity index (χ0n) is 15.9. The molecule has 1 saturated heterocycles. The summed E-state index contributed by atoms with van der Waals surface area (Å²) in [6.07, 6.45) is -4.49. The van der Waals surface area contributed by atoms with Crippen LogP contribution in [0.4, 0.5) is 24.9 Å². The van der Waals surface area contributed by atoms with E-state index in [1.807, 2.05) is 13.0 Å². The predicted octanol–water partition coefficient (Wildman–Crippen LogP) is 2.48. The fourth-order valence-corrected chi connectivity index (χ4v) is 2.87. The van der Waals surface area contributed by atoms with Gasteiger partial charge in [0.15, 0.2) is 0 Å². The van der Waals surface area contributed by atoms with E-state index in [0.29, 0.717) is 25.7 Å². The lowest BCUT2D eigenvalue weighted by molar-refractivity contribution is -0.137. The average Bonchev–Trinajstić information content (AvgIpc) is 2.71. The smallest absolute Gasteiger partial charge is 0.378 e. The van der Waals surface area contributed by atoms with Crippen LogP contribution in [-0.4, -0.2) is 55.3 Å². The maximum absolute atomic E-state index is 12.8. The van der Waals surface area contributed by atoms with Gasteiger partial charge in [-0.25, -0.2) is 4.98 Å². The van der Waals surface area contributed by atoms with Crippen LogP contribution in [0, 0.1) is 6.92 Å². The SMILES string of the molecule is Cc1cc(N2CCOCC2)nc(NCCNC(=O)c2cccc(C(F)(F)F)c2)n1. The van der Waals surface area contributed by atoms with Gasteiger partial charge >= 0.3 is 6.18 Å². The Labute approximate surface area is 166 Å². The van der Waals surface area contributed by atoms with E-state index < -0.39 is 17.6 Å². The fourth-order valence-electron chi connectivity index (χ4n) is 2.87. The molecule has 2 N–H and O–H groups in total. The molecule has 0 spiro atoms. The Balaban J connectivity index is 1.53. The van der Waals surface area contributed by atoms with Crippen molar-refractivity contribution in [3.8, 4) is 0 Å². The van der Waals surface area contributed by atoms with Gasteiger partial charge in [-0.3, -0.25) is 4.79 Å². The topological polar surface area (TPSA) is 79.4 Å². The molecule has 7 nitrogen and oxygen atoms in total. The van der Waals surface area contributed by atoms with Gasteiger partial charge in [0.1, 0.15) is 5.82 Å². The monoisotopic (exact) mass is 409 g/mol. The van der Waals surface area contributed by atoms with E-state index in [9.17, 15) is 18.0 Å². The Morgan fingerprint density at radius 2 is 1.93 bits per heavy atom. The summed E-state index contributed by atoms with van der Waals surface area (Å²) in [4.78, 5) is 23.0. The van der Waals surface area contributed by atoms with Crippen LogP contribution in [0.15, 0.2) is 30.3 Å². The number of carbonyl (C=O) groups excluding carboxylic acids is 1. The van der Waals surface area contributed by atoms with Gasteiger partial charge in [0.2, 0.25) is 5.95 Å². The van der Waals surface area contributed by atoms with E-state index in [2.05, 4.69) is 25.5 Å². The number of amides is 1. The van der Waals surface area contributed by atoms with Crippen LogP contribution in [0.5, 0.6) is 0 Å². The van der Waals surface area contributed by atoms with Crippen LogP contribution in [-0.2, 0) is 10.9 Å². The number of rotatable bonds is 6. The first-order chi connectivity index (χ1) is 13.8. The minimum Gasteiger partial charge on any atom is -0.378 e. The van der Waals surface area contributed by atoms with Gasteiger partial charge in [0.25, 0.3) is 5.91 Å². The van der Waals surface area contributed by atoms with Crippen molar-refractivity contribution in [2.75, 3.05) is 49.6 Å². The lowest BCUT2D eigenvalue weighted by atomic mass is 10.1. The number of hydrogen-bond donors (Lipinski definition) is 2. The Morgan fingerprint density at radius 3 is 2.66 bits per heavy atom. The summed E-state index contributed by atoms with van der Waals surface area (Å²) in [5, 5.41) is 5.62. The first-order valence-corrected chi connectivity index (χ1v) is 9.20. The number of nitrogens with one attached hydrogen (secondary N) is 2. The number of ether oxygens (including phenoxy) is 1. The van der Waals surface area contributed by atoms with Crippen molar-refractivity contribution in [3.63, 3.8) is 0 Å². The molecule has 2 heterocycles. The fraction of sp³-hybridized carbons (Fsp3) is 0.421. The highest BCUT2D eigenvalue weighted by atomic mass is 19.4. The molecule has 1 aliphatic rings. The number of alkyl halides is 3. The molecule has 1 fully saturated rings. The Hall–Kier alpha value is -2.88. The summed E-state index contributed by atoms with van der Waals surface area (Å²) in [6.45, 7) is 5.20. The molecule has 1 aromatic carbocycles. The largest absolute Gasteiger partial charge is 0.416 e. The highest BCUT2D eigenvalue weighted by Crippen LogP contribution is 2.29. The molecule has 0 unspecified atom stereocenters. The number of benzene rings is 1. The zero-order valence-corrected chi connectivity index (χ0v) is 15.9. The van der Waals surface area contributed by atoms with Gasteiger partial charge in [-0.1, -0.05) is 6.07 Å². The van der Waals surface area contributed by atoms with Crippen LogP contribution < -0.4 is 15.5 Å². The summed E-state index contributed by atoms with van der Waals surface area (Å²) in [7, 11) is 0. The highest BCUT2D eigenvalue weighted by molar-refractivity contribution is 5.94. The first-order valence-electron chi connectivity index (χ1n) is 9.20. The van der Waals surface area contributed by atoms with Gasteiger partial charge in [-0.15, -0.1) is 0 Å². The van der Waals surface area contributed by atoms with Gasteiger partial charge in [-0.05, 0) is 25.1 Å². The van der Waals surface area contributed by atoms with Crippen molar-refractivity contribution in [2.24, 2.45) is 0 Å². The lowest BCUT2D eigenvalue weighted by Crippen LogP contribution is -2.37. The average molecular weight is 409 g/mol. The summed E-state index contributed by atoms with van der Waals surface area (Å²) < 4.78 is 43.6. The number of aromatic nitrogens is 2. The molecule has 0 aliphatic carbocycles. The van der Waals surface area contributed by atoms with Crippen molar-refractivity contribution >= 4 is 17.7 Å². The number of hydrogen-bond acceptors (Lipinski definition) is 6. The van der Waals surface area contributed by atoms with Crippen molar-refractivity contribution in [1.29, 1.82) is 0 Å². The lowest BCUT2D eigenvalue weighted by Gasteiger charge is -2.28. The molecular weight excluding hydrogens is 387 g/mol. The Kier molecular flexibility index (Phi) is 6.53. The number of nitrogens with zero attached hydrogens (tertiary/aromatic N) is 3. The molecular formula is C19H22F3N5O2. The molecule has 1 amide bonds. The van der Waals surface area contributed by atoms with Crippen molar-refractivity contribution in [1.82, 2.24) is 15.3 Å². The van der Waals surface area contributed by atoms with E-state index in [1.54, 1.807) is 0 Å². The Morgan fingerprint density at radius 1 is 1.17 bits per heavy atom. The number of morpholine rings is 1. The number of carbonyl (C=O) groups is 1. The molecule has 156 valence electrons. The summed E-state index contributed by atoms with van der Waals surface area (Å²) >= 11 is 0. The predicted molar refractivity (Wildman–Crippen MR) is 102 cm³/mol. The third kappa shape index (κ3) is 5.80. The van der Waals surface area contributed by atoms with Crippen LogP contribution in [0.1, 0.15) is 21.6 Å². The molecule has 1 aromatic heterocycles. The molecule has 10 heteroatoms. The molecule has 29 heavy (non-hydrogen) atoms. The van der Waals surface area contributed by atoms with Crippen molar-refractivity contribution in [2.45, 2.75) is 13.1 Å². The van der Waals surface area contributed by atoms with Gasteiger partial charge in [0.05, 0.1) is 18.8 Å². The summed E-state index contributed by atoms with van der Waals surface area (Å²) in [6, 6.07) is 6.21. The standard InChI is InChI=1S/C19H22F3N5O2/c1-13-11-16(27-7-9-29-10-8-27)26-18(25-13)24-6-5-23-17(28)14-3-2-4-15(12-14)19(20,21)22/h2-4,11-12H,5-10H2,1H3,(H,23,28)(H,24,25,26). The van der Waals surface area contributed by atoms with E-state index in [0.717, 1.165) is 36.7 Å². The molecule has 0 bridgehead atoms. The number of aryl methyl sites for hydroxylation is 1. The summed E-state index contributed by atoms with van der Waals surface area (Å²) in [5.41, 5.74) is -0.0923. The van der Waals surface area contributed by atoms with Crippen molar-refractivity contribution < 1.29 is 22.7 Å². The van der Waals surface area contributed by atoms with Gasteiger partial charge in [-0.2, -0.15) is 18.2 Å². The number of halogens is 3. The minimum atomic E-state index is -4.49. The van der Waals surface area contributed by atoms with Crippen LogP contribution in [0.2, 0.25) is 0 Å². The van der Waals surface area contributed by atoms with E-state index >= 15 is 0 Å². The molecule has 0 atom stereocenters. The molecule has 2 aromatic rings. The van der Waals surface area contributed by atoms with Gasteiger partial charge < -0.3 is 20.3 Å². The third-order valence-corrected chi connectivity index (χ3v) is 4.32. The molecule has 3 rings (SSSR count). The van der Waals surface area contributed by atoms with E-state index in [1.165, 1.54) is 12.1 Å². The van der Waals surface area contributed by atoms with Crippen LogP contribution in [0.3, 0.4) is 0 Å². The second-order valence-corrected chi connectivity index (χ2v) is 6.55. The van der Waals surface area contributed by atoms with Gasteiger partial charge in [0, 0.05) is 43.5 Å². The molecule has 0 saturated carbocycles. The summed E-state index contributed by atoms with van der Waals surface area (Å²) in [5.74, 6) is 0.660. The molecule has 1 aliphatic heterocycles. The third-order valence-electron chi connectivity index (χ3n) is 4.32. The second kappa shape index (κ2) is 9.08. The normalized spacial score (nSPS) is 14.6. The van der Waals surface area contributed by atoms with E-state index in [4.69, 9.17) is 4.74 Å². The maximum atomic E-state index is 12.8. The maximum Gasteiger partial charge on any atom is 0.416 e. The van der Waals surface area contributed by atoms with Crippen LogP contribution >= 0.6 is 0 Å². The highest BCUT2D eigenvalue weighted by Gasteiger charge is 2.30. The van der Waals surface area contributed by atoms with E-state index in [-0.39, 0.29) is 12.1 Å². The van der Waals surface area contributed by atoms with Crippen molar-refractivity contribution in [3.05, 3.63) is 47.2 Å². The zero-order chi connectivity index (χ0) is 20.9. The number of anilines is 2. The molecule has 0 radical (unpaired) electrons.